The van der Waals surface area contributed by atoms with E-state index in [2.05, 4.69) is 57.3 Å². The van der Waals surface area contributed by atoms with Crippen molar-refractivity contribution in [2.24, 2.45) is 5.41 Å². The number of hydrogen-bond acceptors (Lipinski definition) is 2. The second-order valence-electron chi connectivity index (χ2n) is 6.61. The molecule has 0 atom stereocenters. The van der Waals surface area contributed by atoms with Crippen LogP contribution < -0.4 is 5.32 Å². The van der Waals surface area contributed by atoms with Crippen LogP contribution in [0.2, 0.25) is 0 Å². The van der Waals surface area contributed by atoms with Gasteiger partial charge in [-0.1, -0.05) is 40.0 Å². The van der Waals surface area contributed by atoms with Gasteiger partial charge >= 0.3 is 0 Å². The molecule has 0 bridgehead atoms. The first-order chi connectivity index (χ1) is 8.94. The summed E-state index contributed by atoms with van der Waals surface area (Å²) in [4.78, 5) is 0. The zero-order chi connectivity index (χ0) is 14.3. The summed E-state index contributed by atoms with van der Waals surface area (Å²) in [5.41, 5.74) is 1.52. The molecule has 0 aromatic carbocycles. The van der Waals surface area contributed by atoms with Crippen LogP contribution in [0.3, 0.4) is 0 Å². The Labute approximate surface area is 118 Å². The number of nitrogens with zero attached hydrogens (tertiary/aromatic N) is 2. The van der Waals surface area contributed by atoms with Gasteiger partial charge < -0.3 is 5.32 Å². The van der Waals surface area contributed by atoms with Crippen LogP contribution >= 0.6 is 0 Å². The van der Waals surface area contributed by atoms with E-state index in [1.165, 1.54) is 25.7 Å². The molecule has 1 aromatic heterocycles. The van der Waals surface area contributed by atoms with Crippen LogP contribution in [-0.4, -0.2) is 16.3 Å². The third-order valence-electron chi connectivity index (χ3n) is 3.56. The monoisotopic (exact) mass is 265 g/mol. The number of unbranched alkanes of at least 4 members (excludes halogenated alkanes) is 2. The van der Waals surface area contributed by atoms with E-state index in [0.29, 0.717) is 11.5 Å². The summed E-state index contributed by atoms with van der Waals surface area (Å²) in [6.07, 6.45) is 7.36. The molecule has 1 aromatic rings. The van der Waals surface area contributed by atoms with Gasteiger partial charge in [0.2, 0.25) is 0 Å². The van der Waals surface area contributed by atoms with Crippen LogP contribution in [0.4, 0.5) is 0 Å². The second-order valence-corrected chi connectivity index (χ2v) is 6.61. The fourth-order valence-corrected chi connectivity index (χ4v) is 2.23. The molecule has 1 N–H and O–H groups in total. The SMILES string of the molecule is CCCCCC(C)(C)CNCc1ccn(C(C)C)n1. The van der Waals surface area contributed by atoms with Crippen LogP contribution in [0.15, 0.2) is 12.3 Å². The van der Waals surface area contributed by atoms with E-state index in [9.17, 15) is 0 Å². The Morgan fingerprint density at radius 1 is 1.32 bits per heavy atom. The lowest BCUT2D eigenvalue weighted by molar-refractivity contribution is 0.301. The summed E-state index contributed by atoms with van der Waals surface area (Å²) in [6.45, 7) is 13.2. The van der Waals surface area contributed by atoms with Crippen LogP contribution in [0.1, 0.15) is 72.0 Å². The largest absolute Gasteiger partial charge is 0.311 e. The highest BCUT2D eigenvalue weighted by Crippen LogP contribution is 2.22. The first-order valence-electron chi connectivity index (χ1n) is 7.69. The highest BCUT2D eigenvalue weighted by Gasteiger charge is 2.16. The third-order valence-corrected chi connectivity index (χ3v) is 3.56. The predicted molar refractivity (Wildman–Crippen MR) is 82.2 cm³/mol. The van der Waals surface area contributed by atoms with Crippen LogP contribution in [0.5, 0.6) is 0 Å². The highest BCUT2D eigenvalue weighted by molar-refractivity contribution is 4.99. The standard InChI is InChI=1S/C16H31N3/c1-6-7-8-10-16(4,5)13-17-12-15-9-11-19(18-15)14(2)3/h9,11,14,17H,6-8,10,12-13H2,1-5H3. The van der Waals surface area contributed by atoms with Crippen molar-refractivity contribution in [2.45, 2.75) is 72.9 Å². The Kier molecular flexibility index (Phi) is 6.56. The summed E-state index contributed by atoms with van der Waals surface area (Å²) in [5, 5.41) is 8.10. The molecule has 3 nitrogen and oxygen atoms in total. The number of nitrogens with one attached hydrogen (secondary N) is 1. The lowest BCUT2D eigenvalue weighted by Crippen LogP contribution is -2.29. The fourth-order valence-electron chi connectivity index (χ4n) is 2.23. The van der Waals surface area contributed by atoms with Crippen molar-refractivity contribution >= 4 is 0 Å². The number of rotatable bonds is 9. The van der Waals surface area contributed by atoms with E-state index in [0.717, 1.165) is 18.8 Å². The molecule has 0 radical (unpaired) electrons. The second kappa shape index (κ2) is 7.68. The average Bonchev–Trinajstić information content (AvgIpc) is 2.78. The van der Waals surface area contributed by atoms with Crippen LogP contribution in [0.25, 0.3) is 0 Å². The average molecular weight is 265 g/mol. The first-order valence-corrected chi connectivity index (χ1v) is 7.69. The summed E-state index contributed by atoms with van der Waals surface area (Å²) >= 11 is 0. The molecule has 19 heavy (non-hydrogen) atoms. The first kappa shape index (κ1) is 16.2. The molecule has 110 valence electrons. The van der Waals surface area contributed by atoms with Gasteiger partial charge in [-0.2, -0.15) is 5.10 Å². The lowest BCUT2D eigenvalue weighted by atomic mass is 9.87. The molecule has 0 fully saturated rings. The maximum Gasteiger partial charge on any atom is 0.0762 e. The minimum Gasteiger partial charge on any atom is -0.311 e. The molecule has 0 spiro atoms. The highest BCUT2D eigenvalue weighted by atomic mass is 15.3. The number of hydrogen-bond donors (Lipinski definition) is 1. The zero-order valence-corrected chi connectivity index (χ0v) is 13.4. The molecule has 0 amide bonds. The Hall–Kier alpha value is -0.830. The van der Waals surface area contributed by atoms with Crippen molar-refractivity contribution in [1.82, 2.24) is 15.1 Å². The summed E-state index contributed by atoms with van der Waals surface area (Å²) in [6, 6.07) is 2.55. The molecule has 0 aliphatic rings. The van der Waals surface area contributed by atoms with E-state index in [-0.39, 0.29) is 0 Å². The van der Waals surface area contributed by atoms with Gasteiger partial charge in [-0.25, -0.2) is 0 Å². The Balaban J connectivity index is 2.28. The van der Waals surface area contributed by atoms with Gasteiger partial charge in [0.1, 0.15) is 0 Å². The molecular weight excluding hydrogens is 234 g/mol. The van der Waals surface area contributed by atoms with Crippen molar-refractivity contribution in [3.05, 3.63) is 18.0 Å². The van der Waals surface area contributed by atoms with Gasteiger partial charge in [-0.3, -0.25) is 4.68 Å². The van der Waals surface area contributed by atoms with Crippen molar-refractivity contribution in [3.63, 3.8) is 0 Å². The Bertz CT molecular complexity index is 353. The van der Waals surface area contributed by atoms with E-state index < -0.39 is 0 Å². The van der Waals surface area contributed by atoms with E-state index >= 15 is 0 Å². The topological polar surface area (TPSA) is 29.9 Å². The number of aromatic nitrogens is 2. The normalized spacial score (nSPS) is 12.3. The van der Waals surface area contributed by atoms with Gasteiger partial charge in [0.25, 0.3) is 0 Å². The van der Waals surface area contributed by atoms with Gasteiger partial charge in [0, 0.05) is 25.3 Å². The lowest BCUT2D eigenvalue weighted by Gasteiger charge is -2.24. The minimum absolute atomic E-state index is 0.385. The van der Waals surface area contributed by atoms with E-state index in [1.807, 2.05) is 4.68 Å². The molecule has 1 heterocycles. The zero-order valence-electron chi connectivity index (χ0n) is 13.4. The van der Waals surface area contributed by atoms with Gasteiger partial charge in [-0.15, -0.1) is 0 Å². The van der Waals surface area contributed by atoms with Crippen molar-refractivity contribution < 1.29 is 0 Å². The van der Waals surface area contributed by atoms with Crippen molar-refractivity contribution in [3.8, 4) is 0 Å². The predicted octanol–water partition coefficient (Wildman–Crippen LogP) is 4.16. The molecule has 1 rings (SSSR count). The quantitative estimate of drug-likeness (QED) is 0.679. The van der Waals surface area contributed by atoms with E-state index in [4.69, 9.17) is 0 Å². The minimum atomic E-state index is 0.385. The van der Waals surface area contributed by atoms with Gasteiger partial charge in [0.05, 0.1) is 5.69 Å². The van der Waals surface area contributed by atoms with Crippen LogP contribution in [0, 0.1) is 5.41 Å². The molecule has 3 heteroatoms. The third kappa shape index (κ3) is 6.24. The van der Waals surface area contributed by atoms with Gasteiger partial charge in [-0.05, 0) is 31.7 Å². The van der Waals surface area contributed by atoms with Gasteiger partial charge in [0.15, 0.2) is 0 Å². The van der Waals surface area contributed by atoms with Crippen molar-refractivity contribution in [1.29, 1.82) is 0 Å². The molecule has 0 saturated carbocycles. The Morgan fingerprint density at radius 2 is 2.05 bits per heavy atom. The summed E-state index contributed by atoms with van der Waals surface area (Å²) in [7, 11) is 0. The maximum absolute atomic E-state index is 4.56. The van der Waals surface area contributed by atoms with Crippen LogP contribution in [-0.2, 0) is 6.54 Å². The smallest absolute Gasteiger partial charge is 0.0762 e. The molecule has 0 aliphatic carbocycles. The molecule has 0 aliphatic heterocycles. The Morgan fingerprint density at radius 3 is 2.63 bits per heavy atom. The molecule has 0 unspecified atom stereocenters. The summed E-state index contributed by atoms with van der Waals surface area (Å²) < 4.78 is 2.02. The van der Waals surface area contributed by atoms with Crippen molar-refractivity contribution in [2.75, 3.05) is 6.54 Å². The maximum atomic E-state index is 4.56. The van der Waals surface area contributed by atoms with E-state index in [1.54, 1.807) is 0 Å². The fraction of sp³-hybridized carbons (Fsp3) is 0.812. The molecule has 0 saturated heterocycles. The summed E-state index contributed by atoms with van der Waals surface area (Å²) in [5.74, 6) is 0. The molecular formula is C16H31N3.